The van der Waals surface area contributed by atoms with E-state index in [4.69, 9.17) is 4.74 Å². The molecule has 0 aliphatic heterocycles. The van der Waals surface area contributed by atoms with Crippen molar-refractivity contribution < 1.29 is 9.13 Å². The van der Waals surface area contributed by atoms with E-state index >= 15 is 0 Å². The van der Waals surface area contributed by atoms with Crippen LogP contribution in [0.3, 0.4) is 0 Å². The van der Waals surface area contributed by atoms with Gasteiger partial charge in [0.1, 0.15) is 6.17 Å². The van der Waals surface area contributed by atoms with Crippen LogP contribution < -0.4 is 0 Å². The van der Waals surface area contributed by atoms with Gasteiger partial charge in [-0.15, -0.1) is 0 Å². The molecule has 0 amide bonds. The number of rotatable bonds is 1. The van der Waals surface area contributed by atoms with Crippen molar-refractivity contribution in [3.63, 3.8) is 0 Å². The molecule has 1 saturated carbocycles. The summed E-state index contributed by atoms with van der Waals surface area (Å²) in [5.41, 5.74) is 0. The van der Waals surface area contributed by atoms with E-state index in [2.05, 4.69) is 13.8 Å². The van der Waals surface area contributed by atoms with Gasteiger partial charge in [-0.2, -0.15) is 0 Å². The van der Waals surface area contributed by atoms with E-state index in [0.717, 1.165) is 6.42 Å². The molecule has 1 aliphatic carbocycles. The van der Waals surface area contributed by atoms with Crippen LogP contribution >= 0.6 is 0 Å². The first-order chi connectivity index (χ1) is 5.15. The maximum atomic E-state index is 13.1. The largest absolute Gasteiger partial charge is 0.378 e. The summed E-state index contributed by atoms with van der Waals surface area (Å²) in [6.45, 7) is 4.28. The van der Waals surface area contributed by atoms with Crippen molar-refractivity contribution in [3.8, 4) is 0 Å². The van der Waals surface area contributed by atoms with Crippen LogP contribution in [-0.4, -0.2) is 19.4 Å². The second-order valence-corrected chi connectivity index (χ2v) is 3.72. The Morgan fingerprint density at radius 2 is 1.73 bits per heavy atom. The van der Waals surface area contributed by atoms with Crippen molar-refractivity contribution in [1.82, 2.24) is 0 Å². The third-order valence-corrected chi connectivity index (χ3v) is 2.88. The molecule has 1 rings (SSSR count). The van der Waals surface area contributed by atoms with Crippen LogP contribution in [0.5, 0.6) is 0 Å². The minimum absolute atomic E-state index is 0.152. The molecule has 1 aliphatic rings. The zero-order valence-corrected chi connectivity index (χ0v) is 7.51. The van der Waals surface area contributed by atoms with E-state index in [1.54, 1.807) is 7.11 Å². The van der Waals surface area contributed by atoms with Crippen LogP contribution in [0.25, 0.3) is 0 Å². The predicted molar refractivity (Wildman–Crippen MR) is 43.3 cm³/mol. The highest BCUT2D eigenvalue weighted by atomic mass is 19.1. The molecule has 66 valence electrons. The standard InChI is InChI=1S/C9H17FO/c1-6-4-8(10)9(11-3)5-7(6)2/h6-9H,4-5H2,1-3H3/t6-,7+,8-,9-/m0/s1. The average molecular weight is 160 g/mol. The molecule has 0 aromatic rings. The number of hydrogen-bond acceptors (Lipinski definition) is 1. The third-order valence-electron chi connectivity index (χ3n) is 2.88. The van der Waals surface area contributed by atoms with E-state index < -0.39 is 6.17 Å². The zero-order valence-electron chi connectivity index (χ0n) is 7.51. The number of hydrogen-bond donors (Lipinski definition) is 0. The Morgan fingerprint density at radius 1 is 1.18 bits per heavy atom. The number of methoxy groups -OCH3 is 1. The summed E-state index contributed by atoms with van der Waals surface area (Å²) in [6.07, 6.45) is 0.644. The molecule has 2 heteroatoms. The van der Waals surface area contributed by atoms with Crippen molar-refractivity contribution in [3.05, 3.63) is 0 Å². The molecule has 0 heterocycles. The van der Waals surface area contributed by atoms with E-state index in [-0.39, 0.29) is 6.10 Å². The fourth-order valence-electron chi connectivity index (χ4n) is 1.73. The van der Waals surface area contributed by atoms with Crippen LogP contribution in [0.15, 0.2) is 0 Å². The number of ether oxygens (including phenoxy) is 1. The van der Waals surface area contributed by atoms with Gasteiger partial charge in [0.05, 0.1) is 6.10 Å². The molecule has 0 bridgehead atoms. The lowest BCUT2D eigenvalue weighted by atomic mass is 9.79. The first-order valence-electron chi connectivity index (χ1n) is 4.32. The van der Waals surface area contributed by atoms with E-state index in [1.165, 1.54) is 0 Å². The molecule has 0 N–H and O–H groups in total. The molecule has 0 spiro atoms. The fourth-order valence-corrected chi connectivity index (χ4v) is 1.73. The van der Waals surface area contributed by atoms with Gasteiger partial charge in [-0.05, 0) is 24.7 Å². The predicted octanol–water partition coefficient (Wildman–Crippen LogP) is 2.41. The quantitative estimate of drug-likeness (QED) is 0.572. The lowest BCUT2D eigenvalue weighted by Crippen LogP contribution is -2.35. The van der Waals surface area contributed by atoms with E-state index in [9.17, 15) is 4.39 Å². The minimum atomic E-state index is -0.744. The van der Waals surface area contributed by atoms with Crippen molar-refractivity contribution >= 4 is 0 Å². The highest BCUT2D eigenvalue weighted by Crippen LogP contribution is 2.32. The van der Waals surface area contributed by atoms with Gasteiger partial charge in [-0.25, -0.2) is 4.39 Å². The Hall–Kier alpha value is -0.110. The summed E-state index contributed by atoms with van der Waals surface area (Å²) in [5.74, 6) is 1.11. The van der Waals surface area contributed by atoms with E-state index in [0.29, 0.717) is 18.3 Å². The van der Waals surface area contributed by atoms with E-state index in [1.807, 2.05) is 0 Å². The molecule has 0 aromatic heterocycles. The van der Waals surface area contributed by atoms with Crippen LogP contribution in [-0.2, 0) is 4.74 Å². The molecule has 11 heavy (non-hydrogen) atoms. The summed E-state index contributed by atoms with van der Waals surface area (Å²) in [6, 6.07) is 0. The molecule has 0 radical (unpaired) electrons. The first kappa shape index (κ1) is 8.98. The Bertz CT molecular complexity index is 127. The first-order valence-corrected chi connectivity index (χ1v) is 4.32. The maximum absolute atomic E-state index is 13.1. The highest BCUT2D eigenvalue weighted by Gasteiger charge is 2.32. The summed E-state index contributed by atoms with van der Waals surface area (Å²) < 4.78 is 18.2. The topological polar surface area (TPSA) is 9.23 Å². The van der Waals surface area contributed by atoms with Gasteiger partial charge in [-0.1, -0.05) is 13.8 Å². The lowest BCUT2D eigenvalue weighted by Gasteiger charge is -2.33. The molecular formula is C9H17FO. The van der Waals surface area contributed by atoms with Crippen LogP contribution in [0.4, 0.5) is 4.39 Å². The molecule has 1 fully saturated rings. The number of halogens is 1. The Labute approximate surface area is 67.9 Å². The van der Waals surface area contributed by atoms with Crippen LogP contribution in [0, 0.1) is 11.8 Å². The van der Waals surface area contributed by atoms with Crippen molar-refractivity contribution in [2.24, 2.45) is 11.8 Å². The van der Waals surface area contributed by atoms with Gasteiger partial charge in [0.2, 0.25) is 0 Å². The van der Waals surface area contributed by atoms with Gasteiger partial charge < -0.3 is 4.74 Å². The van der Waals surface area contributed by atoms with Crippen LogP contribution in [0.1, 0.15) is 26.7 Å². The maximum Gasteiger partial charge on any atom is 0.126 e. The zero-order chi connectivity index (χ0) is 8.43. The van der Waals surface area contributed by atoms with Gasteiger partial charge in [-0.3, -0.25) is 0 Å². The molecular weight excluding hydrogens is 143 g/mol. The van der Waals surface area contributed by atoms with Gasteiger partial charge in [0.15, 0.2) is 0 Å². The second-order valence-electron chi connectivity index (χ2n) is 3.72. The normalized spacial score (nSPS) is 45.8. The summed E-state index contributed by atoms with van der Waals surface area (Å²) >= 11 is 0. The van der Waals surface area contributed by atoms with Crippen molar-refractivity contribution in [2.45, 2.75) is 39.0 Å². The van der Waals surface area contributed by atoms with Crippen molar-refractivity contribution in [1.29, 1.82) is 0 Å². The molecule has 0 unspecified atom stereocenters. The third kappa shape index (κ3) is 1.92. The lowest BCUT2D eigenvalue weighted by molar-refractivity contribution is -0.0256. The second kappa shape index (κ2) is 3.53. The Kier molecular flexibility index (Phi) is 2.88. The van der Waals surface area contributed by atoms with Gasteiger partial charge in [0, 0.05) is 7.11 Å². The summed E-state index contributed by atoms with van der Waals surface area (Å²) in [7, 11) is 1.60. The number of alkyl halides is 1. The summed E-state index contributed by atoms with van der Waals surface area (Å²) in [4.78, 5) is 0. The van der Waals surface area contributed by atoms with Gasteiger partial charge in [0.25, 0.3) is 0 Å². The van der Waals surface area contributed by atoms with Crippen molar-refractivity contribution in [2.75, 3.05) is 7.11 Å². The summed E-state index contributed by atoms with van der Waals surface area (Å²) in [5, 5.41) is 0. The Balaban J connectivity index is 2.48. The molecule has 0 saturated heterocycles. The molecule has 0 aromatic carbocycles. The minimum Gasteiger partial charge on any atom is -0.378 e. The average Bonchev–Trinajstić information content (AvgIpc) is 1.97. The van der Waals surface area contributed by atoms with Gasteiger partial charge >= 0.3 is 0 Å². The SMILES string of the molecule is CO[C@H]1C[C@@H](C)[C@@H](C)C[C@@H]1F. The Morgan fingerprint density at radius 3 is 2.27 bits per heavy atom. The molecule has 4 atom stereocenters. The molecule has 1 nitrogen and oxygen atoms in total. The highest BCUT2D eigenvalue weighted by molar-refractivity contribution is 4.82. The fraction of sp³-hybridized carbons (Fsp3) is 1.00. The smallest absolute Gasteiger partial charge is 0.126 e. The monoisotopic (exact) mass is 160 g/mol. The van der Waals surface area contributed by atoms with Crippen LogP contribution in [0.2, 0.25) is 0 Å².